The third-order valence-electron chi connectivity index (χ3n) is 4.68. The van der Waals surface area contributed by atoms with Crippen LogP contribution in [0.1, 0.15) is 41.0 Å². The zero-order chi connectivity index (χ0) is 18.9. The number of thiophene rings is 1. The Bertz CT molecular complexity index is 699. The standard InChI is InChI=1S/C21H28N2O3S/c1-2-3-11-26-18-7-4-6-17(15-18)21(24)22-16-19(20-8-5-14-27-20)23-9-12-25-13-10-23/h4-8,14-15,19H,2-3,9-13,16H2,1H3,(H,22,24)/t19-/m0/s1. The van der Waals surface area contributed by atoms with Gasteiger partial charge in [-0.2, -0.15) is 0 Å². The van der Waals surface area contributed by atoms with Gasteiger partial charge in [0.1, 0.15) is 5.75 Å². The molecule has 0 spiro atoms. The van der Waals surface area contributed by atoms with E-state index in [0.717, 1.165) is 44.9 Å². The van der Waals surface area contributed by atoms with Crippen molar-refractivity contribution in [3.8, 4) is 5.75 Å². The SMILES string of the molecule is CCCCOc1cccc(C(=O)NC[C@@H](c2cccs2)N2CCOCC2)c1. The predicted molar refractivity (Wildman–Crippen MR) is 109 cm³/mol. The van der Waals surface area contributed by atoms with Crippen LogP contribution in [-0.4, -0.2) is 50.3 Å². The second-order valence-corrected chi connectivity index (χ2v) is 7.60. The molecule has 0 radical (unpaired) electrons. The van der Waals surface area contributed by atoms with Crippen LogP contribution in [0.2, 0.25) is 0 Å². The molecule has 1 saturated heterocycles. The number of benzene rings is 1. The van der Waals surface area contributed by atoms with Gasteiger partial charge in [0.2, 0.25) is 0 Å². The van der Waals surface area contributed by atoms with E-state index in [0.29, 0.717) is 18.7 Å². The average Bonchev–Trinajstić information content (AvgIpc) is 3.24. The summed E-state index contributed by atoms with van der Waals surface area (Å²) in [5.41, 5.74) is 0.635. The molecule has 2 aromatic rings. The minimum atomic E-state index is -0.0641. The van der Waals surface area contributed by atoms with Crippen molar-refractivity contribution >= 4 is 17.2 Å². The number of amides is 1. The molecule has 6 heteroatoms. The van der Waals surface area contributed by atoms with E-state index in [1.54, 1.807) is 11.3 Å². The van der Waals surface area contributed by atoms with E-state index in [9.17, 15) is 4.79 Å². The first-order valence-electron chi connectivity index (χ1n) is 9.64. The lowest BCUT2D eigenvalue weighted by atomic mass is 10.1. The number of hydrogen-bond donors (Lipinski definition) is 1. The normalized spacial score (nSPS) is 16.0. The molecule has 1 aliphatic heterocycles. The molecule has 1 aliphatic rings. The Morgan fingerprint density at radius 1 is 1.30 bits per heavy atom. The summed E-state index contributed by atoms with van der Waals surface area (Å²) in [5, 5.41) is 5.19. The van der Waals surface area contributed by atoms with Crippen molar-refractivity contribution in [3.63, 3.8) is 0 Å². The van der Waals surface area contributed by atoms with Gasteiger partial charge in [-0.3, -0.25) is 9.69 Å². The average molecular weight is 389 g/mol. The van der Waals surface area contributed by atoms with Gasteiger partial charge >= 0.3 is 0 Å². The molecule has 0 bridgehead atoms. The van der Waals surface area contributed by atoms with Crippen LogP contribution in [0.3, 0.4) is 0 Å². The maximum atomic E-state index is 12.7. The van der Waals surface area contributed by atoms with E-state index in [1.807, 2.05) is 24.3 Å². The Kier molecular flexibility index (Phi) is 7.68. The summed E-state index contributed by atoms with van der Waals surface area (Å²) in [5.74, 6) is 0.685. The molecule has 1 aromatic carbocycles. The lowest BCUT2D eigenvalue weighted by molar-refractivity contribution is 0.0169. The van der Waals surface area contributed by atoms with E-state index >= 15 is 0 Å². The highest BCUT2D eigenvalue weighted by Gasteiger charge is 2.24. The Morgan fingerprint density at radius 3 is 2.89 bits per heavy atom. The predicted octanol–water partition coefficient (Wildman–Crippen LogP) is 3.73. The lowest BCUT2D eigenvalue weighted by Crippen LogP contribution is -2.43. The van der Waals surface area contributed by atoms with Crippen molar-refractivity contribution in [3.05, 3.63) is 52.2 Å². The van der Waals surface area contributed by atoms with E-state index in [2.05, 4.69) is 34.7 Å². The number of nitrogens with zero attached hydrogens (tertiary/aromatic N) is 1. The van der Waals surface area contributed by atoms with Crippen LogP contribution in [0.5, 0.6) is 5.75 Å². The molecule has 1 fully saturated rings. The van der Waals surface area contributed by atoms with Crippen LogP contribution < -0.4 is 10.1 Å². The molecular weight excluding hydrogens is 360 g/mol. The number of carbonyl (C=O) groups is 1. The largest absolute Gasteiger partial charge is 0.494 e. The molecule has 1 amide bonds. The Morgan fingerprint density at radius 2 is 2.15 bits per heavy atom. The van der Waals surface area contributed by atoms with Gasteiger partial charge in [0.05, 0.1) is 25.9 Å². The number of carbonyl (C=O) groups excluding carboxylic acids is 1. The maximum Gasteiger partial charge on any atom is 0.251 e. The van der Waals surface area contributed by atoms with Crippen molar-refractivity contribution in [2.24, 2.45) is 0 Å². The summed E-state index contributed by atoms with van der Waals surface area (Å²) >= 11 is 1.73. The Labute approximate surface area is 165 Å². The highest BCUT2D eigenvalue weighted by molar-refractivity contribution is 7.10. The smallest absolute Gasteiger partial charge is 0.251 e. The van der Waals surface area contributed by atoms with E-state index in [-0.39, 0.29) is 11.9 Å². The second-order valence-electron chi connectivity index (χ2n) is 6.62. The highest BCUT2D eigenvalue weighted by atomic mass is 32.1. The summed E-state index contributed by atoms with van der Waals surface area (Å²) in [6, 6.07) is 11.8. The molecule has 5 nitrogen and oxygen atoms in total. The summed E-state index contributed by atoms with van der Waals surface area (Å²) in [4.78, 5) is 16.3. The van der Waals surface area contributed by atoms with Crippen molar-refractivity contribution in [1.29, 1.82) is 0 Å². The van der Waals surface area contributed by atoms with E-state index in [4.69, 9.17) is 9.47 Å². The molecule has 0 aliphatic carbocycles. The van der Waals surface area contributed by atoms with Gasteiger partial charge in [-0.15, -0.1) is 11.3 Å². The number of morpholine rings is 1. The van der Waals surface area contributed by atoms with Crippen LogP contribution in [0.4, 0.5) is 0 Å². The van der Waals surface area contributed by atoms with E-state index in [1.165, 1.54) is 4.88 Å². The van der Waals surface area contributed by atoms with Crippen molar-refractivity contribution < 1.29 is 14.3 Å². The van der Waals surface area contributed by atoms with Crippen LogP contribution >= 0.6 is 11.3 Å². The summed E-state index contributed by atoms with van der Waals surface area (Å²) in [6.07, 6.45) is 2.10. The monoisotopic (exact) mass is 388 g/mol. The maximum absolute atomic E-state index is 12.7. The van der Waals surface area contributed by atoms with Crippen LogP contribution in [0.15, 0.2) is 41.8 Å². The third-order valence-corrected chi connectivity index (χ3v) is 5.65. The first kappa shape index (κ1) is 19.9. The topological polar surface area (TPSA) is 50.8 Å². The minimum absolute atomic E-state index is 0.0641. The number of ether oxygens (including phenoxy) is 2. The summed E-state index contributed by atoms with van der Waals surface area (Å²) in [7, 11) is 0. The highest BCUT2D eigenvalue weighted by Crippen LogP contribution is 2.25. The van der Waals surface area contributed by atoms with Crippen LogP contribution in [-0.2, 0) is 4.74 Å². The first-order chi connectivity index (χ1) is 13.3. The van der Waals surface area contributed by atoms with Gasteiger partial charge in [-0.05, 0) is 36.1 Å². The van der Waals surface area contributed by atoms with Gasteiger partial charge in [0.25, 0.3) is 5.91 Å². The van der Waals surface area contributed by atoms with Crippen molar-refractivity contribution in [2.75, 3.05) is 39.5 Å². The number of nitrogens with one attached hydrogen (secondary N) is 1. The molecule has 2 heterocycles. The summed E-state index contributed by atoms with van der Waals surface area (Å²) < 4.78 is 11.2. The molecule has 1 aromatic heterocycles. The van der Waals surface area contributed by atoms with Gasteiger partial charge in [0, 0.05) is 30.1 Å². The molecule has 0 saturated carbocycles. The minimum Gasteiger partial charge on any atom is -0.494 e. The molecule has 146 valence electrons. The molecule has 3 rings (SSSR count). The molecule has 27 heavy (non-hydrogen) atoms. The fourth-order valence-corrected chi connectivity index (χ4v) is 3.99. The van der Waals surface area contributed by atoms with Crippen LogP contribution in [0.25, 0.3) is 0 Å². The number of rotatable bonds is 9. The molecule has 0 unspecified atom stereocenters. The zero-order valence-electron chi connectivity index (χ0n) is 15.9. The first-order valence-corrected chi connectivity index (χ1v) is 10.5. The molecular formula is C21H28N2O3S. The van der Waals surface area contributed by atoms with Crippen LogP contribution in [0, 0.1) is 0 Å². The Balaban J connectivity index is 1.61. The lowest BCUT2D eigenvalue weighted by Gasteiger charge is -2.34. The number of hydrogen-bond acceptors (Lipinski definition) is 5. The van der Waals surface area contributed by atoms with Gasteiger partial charge in [-0.25, -0.2) is 0 Å². The van der Waals surface area contributed by atoms with Gasteiger partial charge in [-0.1, -0.05) is 25.5 Å². The van der Waals surface area contributed by atoms with Gasteiger partial charge < -0.3 is 14.8 Å². The molecule has 1 N–H and O–H groups in total. The van der Waals surface area contributed by atoms with Gasteiger partial charge in [0.15, 0.2) is 0 Å². The van der Waals surface area contributed by atoms with Crippen molar-refractivity contribution in [1.82, 2.24) is 10.2 Å². The molecule has 1 atom stereocenters. The van der Waals surface area contributed by atoms with Crippen molar-refractivity contribution in [2.45, 2.75) is 25.8 Å². The fraction of sp³-hybridized carbons (Fsp3) is 0.476. The third kappa shape index (κ3) is 5.79. The number of unbranched alkanes of at least 4 members (excludes halogenated alkanes) is 1. The fourth-order valence-electron chi connectivity index (χ4n) is 3.13. The Hall–Kier alpha value is -1.89. The van der Waals surface area contributed by atoms with E-state index < -0.39 is 0 Å². The quantitative estimate of drug-likeness (QED) is 0.665. The summed E-state index contributed by atoms with van der Waals surface area (Å²) in [6.45, 7) is 6.66. The second kappa shape index (κ2) is 10.4. The zero-order valence-corrected chi connectivity index (χ0v) is 16.7.